The van der Waals surface area contributed by atoms with Crippen LogP contribution < -0.4 is 0 Å². The summed E-state index contributed by atoms with van der Waals surface area (Å²) in [4.78, 5) is 27.4. The van der Waals surface area contributed by atoms with Crippen molar-refractivity contribution in [1.29, 1.82) is 0 Å². The van der Waals surface area contributed by atoms with Crippen LogP contribution in [0.2, 0.25) is 0 Å². The van der Waals surface area contributed by atoms with Crippen LogP contribution in [0.3, 0.4) is 0 Å². The molecule has 1 aromatic rings. The van der Waals surface area contributed by atoms with Crippen LogP contribution in [0.5, 0.6) is 0 Å². The van der Waals surface area contributed by atoms with Gasteiger partial charge in [0.25, 0.3) is 0 Å². The molecule has 6 nitrogen and oxygen atoms in total. The van der Waals surface area contributed by atoms with Crippen molar-refractivity contribution in [2.45, 2.75) is 77.9 Å². The SMILES string of the molecule is CCOC(=O)[C@@H]1OC(CC)(CC)N(C(=O)OC(C)(C)C)[C@H]1c1ccccc1. The molecule has 1 fully saturated rings. The minimum absolute atomic E-state index is 0.248. The van der Waals surface area contributed by atoms with E-state index in [4.69, 9.17) is 14.2 Å². The third kappa shape index (κ3) is 4.43. The van der Waals surface area contributed by atoms with Gasteiger partial charge in [0, 0.05) is 0 Å². The van der Waals surface area contributed by atoms with Crippen molar-refractivity contribution in [1.82, 2.24) is 4.90 Å². The summed E-state index contributed by atoms with van der Waals surface area (Å²) in [5.41, 5.74) is -0.779. The summed E-state index contributed by atoms with van der Waals surface area (Å²) in [5, 5.41) is 0. The van der Waals surface area contributed by atoms with Gasteiger partial charge in [-0.2, -0.15) is 0 Å². The topological polar surface area (TPSA) is 65.1 Å². The Hall–Kier alpha value is -2.08. The van der Waals surface area contributed by atoms with E-state index in [1.54, 1.807) is 11.8 Å². The Balaban J connectivity index is 2.56. The summed E-state index contributed by atoms with van der Waals surface area (Å²) in [5.74, 6) is -0.469. The van der Waals surface area contributed by atoms with Crippen molar-refractivity contribution in [3.8, 4) is 0 Å². The Morgan fingerprint density at radius 1 is 1.11 bits per heavy atom. The molecule has 1 saturated heterocycles. The molecule has 2 rings (SSSR count). The number of amides is 1. The van der Waals surface area contributed by atoms with E-state index in [1.165, 1.54) is 0 Å². The molecule has 0 bridgehead atoms. The van der Waals surface area contributed by atoms with Crippen LogP contribution in [-0.2, 0) is 19.0 Å². The fourth-order valence-electron chi connectivity index (χ4n) is 3.47. The molecule has 1 aliphatic heterocycles. The zero-order valence-corrected chi connectivity index (χ0v) is 17.2. The van der Waals surface area contributed by atoms with E-state index in [0.29, 0.717) is 12.8 Å². The van der Waals surface area contributed by atoms with E-state index in [9.17, 15) is 9.59 Å². The maximum absolute atomic E-state index is 13.2. The van der Waals surface area contributed by atoms with E-state index in [2.05, 4.69) is 0 Å². The Labute approximate surface area is 161 Å². The van der Waals surface area contributed by atoms with Crippen LogP contribution >= 0.6 is 0 Å². The molecule has 0 aliphatic carbocycles. The van der Waals surface area contributed by atoms with Gasteiger partial charge in [0.05, 0.1) is 6.61 Å². The van der Waals surface area contributed by atoms with Gasteiger partial charge in [0.15, 0.2) is 6.10 Å². The lowest BCUT2D eigenvalue weighted by atomic mass is 9.98. The zero-order chi connectivity index (χ0) is 20.2. The lowest BCUT2D eigenvalue weighted by Gasteiger charge is -2.38. The number of nitrogens with zero attached hydrogens (tertiary/aromatic N) is 1. The molecule has 2 atom stereocenters. The van der Waals surface area contributed by atoms with Gasteiger partial charge in [0.1, 0.15) is 17.4 Å². The highest BCUT2D eigenvalue weighted by Gasteiger charge is 2.57. The molecule has 1 aliphatic rings. The van der Waals surface area contributed by atoms with Gasteiger partial charge in [-0.25, -0.2) is 9.59 Å². The molecule has 6 heteroatoms. The van der Waals surface area contributed by atoms with Crippen LogP contribution in [-0.4, -0.2) is 41.0 Å². The number of carbonyl (C=O) groups is 2. The van der Waals surface area contributed by atoms with Gasteiger partial charge in [-0.15, -0.1) is 0 Å². The minimum Gasteiger partial charge on any atom is -0.464 e. The van der Waals surface area contributed by atoms with E-state index >= 15 is 0 Å². The predicted octanol–water partition coefficient (Wildman–Crippen LogP) is 4.44. The third-order valence-electron chi connectivity index (χ3n) is 4.71. The number of hydrogen-bond donors (Lipinski definition) is 0. The number of ether oxygens (including phenoxy) is 3. The molecule has 0 aromatic heterocycles. The average molecular weight is 377 g/mol. The van der Waals surface area contributed by atoms with Crippen molar-refractivity contribution >= 4 is 12.1 Å². The average Bonchev–Trinajstić information content (AvgIpc) is 2.97. The Morgan fingerprint density at radius 3 is 2.19 bits per heavy atom. The first-order valence-electron chi connectivity index (χ1n) is 9.60. The smallest absolute Gasteiger partial charge is 0.413 e. The van der Waals surface area contributed by atoms with Crippen molar-refractivity contribution in [2.75, 3.05) is 6.61 Å². The van der Waals surface area contributed by atoms with Gasteiger partial charge in [-0.05, 0) is 46.1 Å². The molecule has 0 radical (unpaired) electrons. The maximum Gasteiger partial charge on any atom is 0.413 e. The van der Waals surface area contributed by atoms with Crippen molar-refractivity contribution in [2.24, 2.45) is 0 Å². The lowest BCUT2D eigenvalue weighted by molar-refractivity contribution is -0.165. The Kier molecular flexibility index (Phi) is 6.52. The van der Waals surface area contributed by atoms with Crippen molar-refractivity contribution in [3.05, 3.63) is 35.9 Å². The molecule has 0 unspecified atom stereocenters. The quantitative estimate of drug-likeness (QED) is 0.710. The minimum atomic E-state index is -0.930. The monoisotopic (exact) mass is 377 g/mol. The fourth-order valence-corrected chi connectivity index (χ4v) is 3.47. The highest BCUT2D eigenvalue weighted by Crippen LogP contribution is 2.46. The van der Waals surface area contributed by atoms with E-state index in [-0.39, 0.29) is 6.61 Å². The van der Waals surface area contributed by atoms with Gasteiger partial charge < -0.3 is 14.2 Å². The first kappa shape index (κ1) is 21.2. The fraction of sp³-hybridized carbons (Fsp3) is 0.619. The van der Waals surface area contributed by atoms with Gasteiger partial charge >= 0.3 is 12.1 Å². The molecular weight excluding hydrogens is 346 g/mol. The summed E-state index contributed by atoms with van der Waals surface area (Å²) in [6, 6.07) is 8.81. The third-order valence-corrected chi connectivity index (χ3v) is 4.71. The molecule has 1 aromatic carbocycles. The number of benzene rings is 1. The molecule has 27 heavy (non-hydrogen) atoms. The van der Waals surface area contributed by atoms with Gasteiger partial charge in [-0.3, -0.25) is 4.90 Å². The van der Waals surface area contributed by atoms with Crippen LogP contribution in [0.15, 0.2) is 30.3 Å². The van der Waals surface area contributed by atoms with Crippen molar-refractivity contribution < 1.29 is 23.8 Å². The molecule has 150 valence electrons. The second kappa shape index (κ2) is 8.30. The second-order valence-corrected chi connectivity index (χ2v) is 7.65. The maximum atomic E-state index is 13.2. The highest BCUT2D eigenvalue weighted by molar-refractivity contribution is 5.79. The van der Waals surface area contributed by atoms with Crippen molar-refractivity contribution in [3.63, 3.8) is 0 Å². The largest absolute Gasteiger partial charge is 0.464 e. The van der Waals surface area contributed by atoms with Crippen LogP contribution in [0.4, 0.5) is 4.79 Å². The first-order chi connectivity index (χ1) is 12.7. The summed E-state index contributed by atoms with van der Waals surface area (Å²) in [7, 11) is 0. The van der Waals surface area contributed by atoms with Crippen LogP contribution in [0.1, 0.15) is 66.0 Å². The molecule has 0 saturated carbocycles. The van der Waals surface area contributed by atoms with Gasteiger partial charge in [-0.1, -0.05) is 44.2 Å². The summed E-state index contributed by atoms with van der Waals surface area (Å²) in [6.07, 6.45) is -0.337. The predicted molar refractivity (Wildman–Crippen MR) is 102 cm³/mol. The van der Waals surface area contributed by atoms with Gasteiger partial charge in [0.2, 0.25) is 0 Å². The van der Waals surface area contributed by atoms with E-state index in [1.807, 2.05) is 65.0 Å². The molecule has 0 spiro atoms. The normalized spacial score (nSPS) is 21.8. The number of esters is 1. The standard InChI is InChI=1S/C21H31NO5/c1-7-21(8-2)22(19(24)27-20(4,5)6)16(15-13-11-10-12-14-15)17(26-21)18(23)25-9-3/h10-14,16-17H,7-9H2,1-6H3/t16-,17+/m0/s1. The molecular formula is C21H31NO5. The second-order valence-electron chi connectivity index (χ2n) is 7.65. The number of rotatable bonds is 5. The summed E-state index contributed by atoms with van der Waals surface area (Å²) in [6.45, 7) is 11.3. The van der Waals surface area contributed by atoms with E-state index in [0.717, 1.165) is 5.56 Å². The number of hydrogen-bond acceptors (Lipinski definition) is 5. The summed E-state index contributed by atoms with van der Waals surface area (Å²) < 4.78 is 17.1. The van der Waals surface area contributed by atoms with Crippen LogP contribution in [0.25, 0.3) is 0 Å². The molecule has 1 amide bonds. The highest BCUT2D eigenvalue weighted by atomic mass is 16.6. The Morgan fingerprint density at radius 2 is 1.70 bits per heavy atom. The molecule has 1 heterocycles. The zero-order valence-electron chi connectivity index (χ0n) is 17.2. The van der Waals surface area contributed by atoms with E-state index < -0.39 is 35.5 Å². The number of carbonyl (C=O) groups excluding carboxylic acids is 2. The lowest BCUT2D eigenvalue weighted by Crippen LogP contribution is -2.50. The Bertz CT molecular complexity index is 648. The first-order valence-corrected chi connectivity index (χ1v) is 9.60. The van der Waals surface area contributed by atoms with Crippen LogP contribution in [0, 0.1) is 0 Å². The molecule has 0 N–H and O–H groups in total. The summed E-state index contributed by atoms with van der Waals surface area (Å²) >= 11 is 0.